The highest BCUT2D eigenvalue weighted by molar-refractivity contribution is 7.09. The van der Waals surface area contributed by atoms with Crippen molar-refractivity contribution in [3.63, 3.8) is 0 Å². The van der Waals surface area contributed by atoms with E-state index in [9.17, 15) is 13.2 Å². The van der Waals surface area contributed by atoms with Crippen LogP contribution in [0.5, 0.6) is 0 Å². The number of unbranched alkanes of at least 4 members (excludes halogenated alkanes) is 2. The molecule has 16 heavy (non-hydrogen) atoms. The summed E-state index contributed by atoms with van der Waals surface area (Å²) in [6.07, 6.45) is -2.17. The number of nitrogens with zero attached hydrogens (tertiary/aromatic N) is 2. The topological polar surface area (TPSA) is 58.0 Å². The summed E-state index contributed by atoms with van der Waals surface area (Å²) in [5.41, 5.74) is 0. The van der Waals surface area contributed by atoms with Crippen LogP contribution in [0.2, 0.25) is 0 Å². The molecule has 0 fully saturated rings. The van der Waals surface area contributed by atoms with Crippen LogP contribution in [0.15, 0.2) is 0 Å². The molecule has 4 nitrogen and oxygen atoms in total. The van der Waals surface area contributed by atoms with Crippen molar-refractivity contribution >= 4 is 16.7 Å². The maximum absolute atomic E-state index is 12.1. The number of hydrogen-bond donors (Lipinski definition) is 2. The molecule has 0 saturated heterocycles. The van der Waals surface area contributed by atoms with Crippen LogP contribution in [-0.4, -0.2) is 27.6 Å². The largest absolute Gasteiger partial charge is 0.452 e. The second kappa shape index (κ2) is 6.00. The molecule has 0 spiro atoms. The van der Waals surface area contributed by atoms with Gasteiger partial charge in [0.25, 0.3) is 0 Å². The first-order chi connectivity index (χ1) is 7.54. The fourth-order valence-electron chi connectivity index (χ4n) is 1.02. The molecule has 0 amide bonds. The lowest BCUT2D eigenvalue weighted by Crippen LogP contribution is -2.08. The van der Waals surface area contributed by atoms with Crippen LogP contribution < -0.4 is 5.32 Å². The molecule has 0 aliphatic heterocycles. The van der Waals surface area contributed by atoms with Gasteiger partial charge in [0.2, 0.25) is 11.0 Å². The van der Waals surface area contributed by atoms with Gasteiger partial charge in [0, 0.05) is 24.7 Å². The Morgan fingerprint density at radius 3 is 2.56 bits per heavy atom. The van der Waals surface area contributed by atoms with E-state index in [1.807, 2.05) is 0 Å². The number of hydrogen-bond acceptors (Lipinski definition) is 5. The summed E-state index contributed by atoms with van der Waals surface area (Å²) in [5, 5.41) is 11.4. The molecule has 1 rings (SSSR count). The van der Waals surface area contributed by atoms with Crippen molar-refractivity contribution in [1.29, 1.82) is 0 Å². The summed E-state index contributed by atoms with van der Waals surface area (Å²) in [6.45, 7) is 0.670. The number of aliphatic hydroxyl groups excluding tert-OH is 1. The Morgan fingerprint density at radius 1 is 1.25 bits per heavy atom. The van der Waals surface area contributed by atoms with Crippen molar-refractivity contribution in [3.8, 4) is 0 Å². The van der Waals surface area contributed by atoms with E-state index in [1.165, 1.54) is 0 Å². The molecule has 0 saturated carbocycles. The van der Waals surface area contributed by atoms with Gasteiger partial charge >= 0.3 is 6.18 Å². The maximum Gasteiger partial charge on any atom is 0.452 e. The quantitative estimate of drug-likeness (QED) is 0.764. The molecule has 1 heterocycles. The third kappa shape index (κ3) is 4.31. The molecule has 2 N–H and O–H groups in total. The van der Waals surface area contributed by atoms with Crippen LogP contribution in [0.25, 0.3) is 0 Å². The first-order valence-electron chi connectivity index (χ1n) is 4.79. The van der Waals surface area contributed by atoms with Crippen LogP contribution in [-0.2, 0) is 6.18 Å². The molecule has 0 atom stereocenters. The number of rotatable bonds is 6. The Balaban J connectivity index is 2.30. The zero-order chi connectivity index (χ0) is 12.0. The highest BCUT2D eigenvalue weighted by atomic mass is 32.1. The van der Waals surface area contributed by atoms with Crippen LogP contribution in [0.4, 0.5) is 18.3 Å². The summed E-state index contributed by atoms with van der Waals surface area (Å²) >= 11 is 0.699. The molecule has 0 aliphatic carbocycles. The average Bonchev–Trinajstić information content (AvgIpc) is 2.65. The average molecular weight is 255 g/mol. The molecule has 0 aliphatic rings. The van der Waals surface area contributed by atoms with E-state index >= 15 is 0 Å². The van der Waals surface area contributed by atoms with Gasteiger partial charge in [-0.2, -0.15) is 22.5 Å². The van der Waals surface area contributed by atoms with Gasteiger partial charge in [-0.25, -0.2) is 0 Å². The lowest BCUT2D eigenvalue weighted by Gasteiger charge is -2.01. The molecular formula is C8H12F3N3OS. The van der Waals surface area contributed by atoms with Gasteiger partial charge in [0.15, 0.2) is 0 Å². The van der Waals surface area contributed by atoms with Crippen molar-refractivity contribution in [3.05, 3.63) is 5.82 Å². The number of halogens is 3. The number of nitrogens with one attached hydrogen (secondary N) is 1. The predicted molar refractivity (Wildman–Crippen MR) is 54.3 cm³/mol. The second-order valence-electron chi connectivity index (χ2n) is 3.13. The Labute approximate surface area is 94.7 Å². The van der Waals surface area contributed by atoms with E-state index in [1.54, 1.807) is 0 Å². The van der Waals surface area contributed by atoms with Gasteiger partial charge in [-0.1, -0.05) is 0 Å². The lowest BCUT2D eigenvalue weighted by molar-refractivity contribution is -0.144. The molecular weight excluding hydrogens is 243 g/mol. The molecule has 92 valence electrons. The van der Waals surface area contributed by atoms with Crippen molar-refractivity contribution in [2.45, 2.75) is 25.4 Å². The third-order valence-corrected chi connectivity index (χ3v) is 2.46. The monoisotopic (exact) mass is 255 g/mol. The van der Waals surface area contributed by atoms with E-state index in [2.05, 4.69) is 14.7 Å². The van der Waals surface area contributed by atoms with Crippen LogP contribution in [0, 0.1) is 0 Å². The summed E-state index contributed by atoms with van der Waals surface area (Å²) < 4.78 is 39.6. The van der Waals surface area contributed by atoms with E-state index in [0.717, 1.165) is 12.8 Å². The zero-order valence-corrected chi connectivity index (χ0v) is 9.24. The number of alkyl halides is 3. The highest BCUT2D eigenvalue weighted by Gasteiger charge is 2.35. The first kappa shape index (κ1) is 13.2. The molecule has 1 aromatic heterocycles. The summed E-state index contributed by atoms with van der Waals surface area (Å²) in [7, 11) is 0. The van der Waals surface area contributed by atoms with E-state index < -0.39 is 12.0 Å². The SMILES string of the molecule is OCCCCCNc1nc(C(F)(F)F)ns1. The molecule has 0 bridgehead atoms. The van der Waals surface area contributed by atoms with E-state index in [-0.39, 0.29) is 11.7 Å². The molecule has 0 aromatic carbocycles. The molecule has 1 aromatic rings. The molecule has 8 heteroatoms. The van der Waals surface area contributed by atoms with Crippen molar-refractivity contribution in [2.24, 2.45) is 0 Å². The van der Waals surface area contributed by atoms with Gasteiger partial charge < -0.3 is 10.4 Å². The Bertz CT molecular complexity index is 316. The second-order valence-corrected chi connectivity index (χ2v) is 3.88. The normalized spacial score (nSPS) is 11.8. The molecule has 0 radical (unpaired) electrons. The van der Waals surface area contributed by atoms with Crippen molar-refractivity contribution < 1.29 is 18.3 Å². The lowest BCUT2D eigenvalue weighted by atomic mass is 10.2. The third-order valence-electron chi connectivity index (χ3n) is 1.79. The fraction of sp³-hybridized carbons (Fsp3) is 0.750. The zero-order valence-electron chi connectivity index (χ0n) is 8.42. The minimum Gasteiger partial charge on any atom is -0.396 e. The summed E-state index contributed by atoms with van der Waals surface area (Å²) in [6, 6.07) is 0. The van der Waals surface area contributed by atoms with Gasteiger partial charge in [0.05, 0.1) is 0 Å². The van der Waals surface area contributed by atoms with Gasteiger partial charge in [0.1, 0.15) is 0 Å². The van der Waals surface area contributed by atoms with Gasteiger partial charge in [-0.15, -0.1) is 0 Å². The maximum atomic E-state index is 12.1. The minimum atomic E-state index is -4.48. The number of aliphatic hydroxyl groups is 1. The first-order valence-corrected chi connectivity index (χ1v) is 5.57. The number of anilines is 1. The van der Waals surface area contributed by atoms with Gasteiger partial charge in [-0.3, -0.25) is 0 Å². The van der Waals surface area contributed by atoms with E-state index in [0.29, 0.717) is 24.5 Å². The van der Waals surface area contributed by atoms with Crippen LogP contribution in [0.1, 0.15) is 25.1 Å². The van der Waals surface area contributed by atoms with Gasteiger partial charge in [-0.05, 0) is 19.3 Å². The summed E-state index contributed by atoms with van der Waals surface area (Å²) in [5.74, 6) is -1.10. The highest BCUT2D eigenvalue weighted by Crippen LogP contribution is 2.28. The van der Waals surface area contributed by atoms with Crippen molar-refractivity contribution in [1.82, 2.24) is 9.36 Å². The minimum absolute atomic E-state index is 0.136. The number of aromatic nitrogens is 2. The molecule has 0 unspecified atom stereocenters. The smallest absolute Gasteiger partial charge is 0.396 e. The van der Waals surface area contributed by atoms with Crippen molar-refractivity contribution in [2.75, 3.05) is 18.5 Å². The Kier molecular flexibility index (Phi) is 4.94. The standard InChI is InChI=1S/C8H12F3N3OS/c9-8(10,11)6-13-7(16-14-6)12-4-2-1-3-5-15/h15H,1-5H2,(H,12,13,14). The summed E-state index contributed by atoms with van der Waals surface area (Å²) in [4.78, 5) is 3.32. The van der Waals surface area contributed by atoms with E-state index in [4.69, 9.17) is 5.11 Å². The Morgan fingerprint density at radius 2 is 2.00 bits per heavy atom. The van der Waals surface area contributed by atoms with Crippen LogP contribution >= 0.6 is 11.5 Å². The fourth-order valence-corrected chi connectivity index (χ4v) is 1.63. The Hall–Kier alpha value is -0.890. The van der Waals surface area contributed by atoms with Crippen LogP contribution in [0.3, 0.4) is 0 Å². The predicted octanol–water partition coefficient (Wildman–Crippen LogP) is 2.13.